The van der Waals surface area contributed by atoms with E-state index in [-0.39, 0.29) is 6.85 Å². The van der Waals surface area contributed by atoms with Crippen molar-refractivity contribution in [1.29, 1.82) is 0 Å². The topological polar surface area (TPSA) is 13.1 Å². The molecule has 0 radical (unpaired) electrons. The number of hydrogen-bond acceptors (Lipinski definition) is 1. The van der Waals surface area contributed by atoms with Crippen LogP contribution in [0.5, 0.6) is 0 Å². The summed E-state index contributed by atoms with van der Waals surface area (Å²) >= 11 is 0. The van der Waals surface area contributed by atoms with Gasteiger partial charge in [0.1, 0.15) is 0 Å². The number of fused-ring (bicyclic) bond motifs is 14. The van der Waals surface area contributed by atoms with Crippen molar-refractivity contribution in [3.05, 3.63) is 182 Å². The molecule has 4 heterocycles. The van der Waals surface area contributed by atoms with Crippen LogP contribution in [0.4, 0.5) is 17.1 Å². The molecule has 0 aliphatic carbocycles. The normalized spacial score (nSPS) is 13.1. The van der Waals surface area contributed by atoms with Crippen molar-refractivity contribution in [2.24, 2.45) is 0 Å². The number of rotatable bonds is 2. The van der Waals surface area contributed by atoms with Gasteiger partial charge in [-0.3, -0.25) is 0 Å². The van der Waals surface area contributed by atoms with E-state index in [4.69, 9.17) is 0 Å². The van der Waals surface area contributed by atoms with Gasteiger partial charge in [0.15, 0.2) is 0 Å². The zero-order valence-corrected chi connectivity index (χ0v) is 29.2. The summed E-state index contributed by atoms with van der Waals surface area (Å²) in [6.45, 7) is -0.0586. The lowest BCUT2D eigenvalue weighted by molar-refractivity contribution is 1.18. The number of nitrogens with zero attached hydrogens (tertiary/aromatic N) is 3. The Morgan fingerprint density at radius 1 is 0.370 bits per heavy atom. The SMILES string of the molecule is c1ccc(-n2c3ccccc3c3cc4c5c(c32)-c2cccc3c6ccccc6n(c23)B5c2c(ccc3ccccc23)N4c2ccc3ccccc3c2)cc1. The van der Waals surface area contributed by atoms with Crippen LogP contribution in [-0.4, -0.2) is 15.9 Å². The summed E-state index contributed by atoms with van der Waals surface area (Å²) < 4.78 is 5.20. The van der Waals surface area contributed by atoms with Crippen LogP contribution in [0, 0.1) is 0 Å². The molecule has 3 nitrogen and oxygen atoms in total. The van der Waals surface area contributed by atoms with Gasteiger partial charge in [0.2, 0.25) is 0 Å². The molecule has 2 aromatic heterocycles. The lowest BCUT2D eigenvalue weighted by Crippen LogP contribution is -2.57. The second kappa shape index (κ2) is 10.3. The highest BCUT2D eigenvalue weighted by atomic mass is 15.2. The van der Waals surface area contributed by atoms with Crippen molar-refractivity contribution >= 4 is 100.0 Å². The summed E-state index contributed by atoms with van der Waals surface area (Å²) in [5, 5.41) is 10.1. The van der Waals surface area contributed by atoms with Crippen molar-refractivity contribution in [1.82, 2.24) is 9.05 Å². The van der Waals surface area contributed by atoms with Gasteiger partial charge >= 0.3 is 6.85 Å². The Hall–Kier alpha value is -7.04. The van der Waals surface area contributed by atoms with Crippen molar-refractivity contribution in [2.75, 3.05) is 4.90 Å². The number of aromatic nitrogens is 2. The summed E-state index contributed by atoms with van der Waals surface area (Å²) in [6.07, 6.45) is 0. The molecule has 0 amide bonds. The van der Waals surface area contributed by atoms with E-state index >= 15 is 0 Å². The van der Waals surface area contributed by atoms with E-state index in [2.05, 4.69) is 196 Å². The molecule has 2 aliphatic rings. The molecule has 13 rings (SSSR count). The van der Waals surface area contributed by atoms with Crippen LogP contribution in [0.15, 0.2) is 182 Å². The first-order chi connectivity index (χ1) is 26.8. The zero-order chi connectivity index (χ0) is 35.1. The first-order valence-corrected chi connectivity index (χ1v) is 18.8. The number of benzene rings is 9. The minimum absolute atomic E-state index is 0.0586. The van der Waals surface area contributed by atoms with Crippen molar-refractivity contribution in [3.8, 4) is 16.8 Å². The minimum Gasteiger partial charge on any atom is -0.375 e. The van der Waals surface area contributed by atoms with Crippen LogP contribution in [0.25, 0.3) is 82.0 Å². The van der Waals surface area contributed by atoms with E-state index in [1.807, 2.05) is 0 Å². The van der Waals surface area contributed by atoms with Crippen LogP contribution in [-0.2, 0) is 0 Å². The van der Waals surface area contributed by atoms with Crippen LogP contribution >= 0.6 is 0 Å². The molecule has 248 valence electrons. The van der Waals surface area contributed by atoms with Gasteiger partial charge in [0.05, 0.1) is 11.0 Å². The van der Waals surface area contributed by atoms with Crippen LogP contribution in [0.3, 0.4) is 0 Å². The van der Waals surface area contributed by atoms with Crippen LogP contribution < -0.4 is 15.8 Å². The fourth-order valence-corrected chi connectivity index (χ4v) is 10.1. The summed E-state index contributed by atoms with van der Waals surface area (Å²) in [4.78, 5) is 2.56. The van der Waals surface area contributed by atoms with Gasteiger partial charge in [0, 0.05) is 66.5 Å². The third kappa shape index (κ3) is 3.53. The van der Waals surface area contributed by atoms with Gasteiger partial charge in [-0.15, -0.1) is 0 Å². The molecular formula is C50H30BN3. The fourth-order valence-electron chi connectivity index (χ4n) is 10.1. The van der Waals surface area contributed by atoms with Gasteiger partial charge in [-0.25, -0.2) is 0 Å². The molecular weight excluding hydrogens is 653 g/mol. The van der Waals surface area contributed by atoms with Crippen molar-refractivity contribution in [2.45, 2.75) is 0 Å². The molecule has 0 N–H and O–H groups in total. The van der Waals surface area contributed by atoms with Gasteiger partial charge < -0.3 is 13.9 Å². The second-order valence-electron chi connectivity index (χ2n) is 14.8. The lowest BCUT2D eigenvalue weighted by Gasteiger charge is -2.41. The highest BCUT2D eigenvalue weighted by Crippen LogP contribution is 2.50. The molecule has 0 atom stereocenters. The third-order valence-corrected chi connectivity index (χ3v) is 12.2. The van der Waals surface area contributed by atoms with Gasteiger partial charge in [0.25, 0.3) is 0 Å². The van der Waals surface area contributed by atoms with E-state index in [9.17, 15) is 0 Å². The smallest absolute Gasteiger partial charge is 0.333 e. The molecule has 54 heavy (non-hydrogen) atoms. The maximum atomic E-state index is 2.68. The number of para-hydroxylation sites is 4. The Labute approximate surface area is 311 Å². The predicted octanol–water partition coefficient (Wildman–Crippen LogP) is 11.6. The van der Waals surface area contributed by atoms with Crippen molar-refractivity contribution in [3.63, 3.8) is 0 Å². The summed E-state index contributed by atoms with van der Waals surface area (Å²) in [5.41, 5.74) is 15.1. The van der Waals surface area contributed by atoms with Crippen molar-refractivity contribution < 1.29 is 0 Å². The average molecular weight is 684 g/mol. The highest BCUT2D eigenvalue weighted by Gasteiger charge is 2.45. The van der Waals surface area contributed by atoms with E-state index in [1.54, 1.807) is 0 Å². The molecule has 11 aromatic rings. The number of hydrogen-bond donors (Lipinski definition) is 0. The van der Waals surface area contributed by atoms with E-state index < -0.39 is 0 Å². The molecule has 0 saturated heterocycles. The number of anilines is 3. The molecule has 9 aromatic carbocycles. The van der Waals surface area contributed by atoms with Gasteiger partial charge in [-0.2, -0.15) is 0 Å². The van der Waals surface area contributed by atoms with E-state index in [1.165, 1.54) is 110 Å². The Kier molecular flexibility index (Phi) is 5.45. The Balaban J connectivity index is 1.30. The summed E-state index contributed by atoms with van der Waals surface area (Å²) in [5.74, 6) is 0. The van der Waals surface area contributed by atoms with Crippen LogP contribution in [0.2, 0.25) is 0 Å². The Morgan fingerprint density at radius 3 is 1.89 bits per heavy atom. The molecule has 0 fully saturated rings. The Morgan fingerprint density at radius 2 is 1.04 bits per heavy atom. The first kappa shape index (κ1) is 28.5. The fraction of sp³-hybridized carbons (Fsp3) is 0. The standard InChI is InChI=1S/C50H30BN3/c1-2-16-34(17-3-1)53-42-23-10-8-20-38(42)41-30-45-48-46(50(41)53)40-22-12-21-39-37-19-9-11-24-43(37)54(49(39)40)51(48)47-36-18-7-6-14-32(36)26-28-44(47)52(45)35-27-25-31-13-4-5-15-33(31)29-35/h1-30H. The van der Waals surface area contributed by atoms with E-state index in [0.717, 1.165) is 0 Å². The molecule has 0 saturated carbocycles. The zero-order valence-electron chi connectivity index (χ0n) is 29.2. The molecule has 0 unspecified atom stereocenters. The monoisotopic (exact) mass is 683 g/mol. The second-order valence-corrected chi connectivity index (χ2v) is 14.8. The quantitative estimate of drug-likeness (QED) is 0.165. The third-order valence-electron chi connectivity index (χ3n) is 12.2. The predicted molar refractivity (Wildman–Crippen MR) is 229 cm³/mol. The molecule has 2 aliphatic heterocycles. The summed E-state index contributed by atoms with van der Waals surface area (Å²) in [6, 6.07) is 67.7. The largest absolute Gasteiger partial charge is 0.375 e. The van der Waals surface area contributed by atoms with E-state index in [0.29, 0.717) is 0 Å². The Bertz CT molecular complexity index is 3410. The van der Waals surface area contributed by atoms with Gasteiger partial charge in [-0.1, -0.05) is 133 Å². The van der Waals surface area contributed by atoms with Crippen LogP contribution in [0.1, 0.15) is 0 Å². The maximum Gasteiger partial charge on any atom is 0.333 e. The minimum atomic E-state index is -0.0586. The molecule has 4 heteroatoms. The average Bonchev–Trinajstić information content (AvgIpc) is 3.75. The van der Waals surface area contributed by atoms with Gasteiger partial charge in [-0.05, 0) is 81.0 Å². The maximum absolute atomic E-state index is 2.68. The lowest BCUT2D eigenvalue weighted by atomic mass is 9.44. The molecule has 0 spiro atoms. The highest BCUT2D eigenvalue weighted by molar-refractivity contribution is 6.92. The molecule has 0 bridgehead atoms. The first-order valence-electron chi connectivity index (χ1n) is 18.8. The summed E-state index contributed by atoms with van der Waals surface area (Å²) in [7, 11) is 0.